The lowest BCUT2D eigenvalue weighted by Crippen LogP contribution is -1.95. The molecule has 0 bridgehead atoms. The van der Waals surface area contributed by atoms with Gasteiger partial charge in [-0.2, -0.15) is 0 Å². The molecule has 192 valence electrons. The van der Waals surface area contributed by atoms with Crippen LogP contribution in [0.5, 0.6) is 5.75 Å². The molecule has 0 saturated heterocycles. The predicted octanol–water partition coefficient (Wildman–Crippen LogP) is 9.28. The monoisotopic (exact) mass is 505 g/mol. The molecular weight excluding hydrogens is 466 g/mol. The van der Waals surface area contributed by atoms with Crippen LogP contribution in [0.3, 0.4) is 0 Å². The highest BCUT2D eigenvalue weighted by atomic mass is 35.5. The summed E-state index contributed by atoms with van der Waals surface area (Å²) in [6.45, 7) is 2.81. The summed E-state index contributed by atoms with van der Waals surface area (Å²) in [5.41, 5.74) is 6.51. The molecule has 0 amide bonds. The maximum absolute atomic E-state index is 6.25. The Morgan fingerprint density at radius 2 is 1.61 bits per heavy atom. The van der Waals surface area contributed by atoms with Gasteiger partial charge < -0.3 is 14.7 Å². The summed E-state index contributed by atoms with van der Waals surface area (Å²) in [6, 6.07) is 16.4. The zero-order valence-electron chi connectivity index (χ0n) is 21.5. The van der Waals surface area contributed by atoms with Gasteiger partial charge in [-0.1, -0.05) is 88.6 Å². The van der Waals surface area contributed by atoms with Crippen molar-refractivity contribution in [1.82, 2.24) is 9.97 Å². The van der Waals surface area contributed by atoms with Crippen LogP contribution >= 0.6 is 12.4 Å². The molecule has 4 rings (SSSR count). The third kappa shape index (κ3) is 8.30. The van der Waals surface area contributed by atoms with E-state index in [0.29, 0.717) is 6.61 Å². The van der Waals surface area contributed by atoms with E-state index in [1.54, 1.807) is 0 Å². The molecule has 3 heterocycles. The van der Waals surface area contributed by atoms with Gasteiger partial charge in [-0.3, -0.25) is 4.99 Å². The Labute approximate surface area is 222 Å². The van der Waals surface area contributed by atoms with Crippen LogP contribution < -0.4 is 4.74 Å². The Hall–Kier alpha value is -2.98. The minimum atomic E-state index is 0. The number of nitrogens with one attached hydrogen (secondary N) is 2. The molecule has 3 aromatic rings. The smallest absolute Gasteiger partial charge is 0.145 e. The van der Waals surface area contributed by atoms with Crippen molar-refractivity contribution in [2.24, 2.45) is 4.99 Å². The van der Waals surface area contributed by atoms with Crippen molar-refractivity contribution >= 4 is 24.7 Å². The fraction of sp³-hybridized carbons (Fsp3) is 0.387. The molecule has 1 aliphatic heterocycles. The Balaban J connectivity index is 0.00000361. The number of nitrogens with zero attached hydrogens (tertiary/aromatic N) is 1. The first kappa shape index (κ1) is 27.6. The van der Waals surface area contributed by atoms with Crippen molar-refractivity contribution in [3.63, 3.8) is 0 Å². The maximum atomic E-state index is 6.25. The van der Waals surface area contributed by atoms with Crippen LogP contribution in [0.1, 0.15) is 82.4 Å². The Kier molecular flexibility index (Phi) is 11.7. The molecule has 4 nitrogen and oxygen atoms in total. The number of aliphatic imine (C=N–C) groups is 1. The number of hydrogen-bond acceptors (Lipinski definition) is 2. The fourth-order valence-electron chi connectivity index (χ4n) is 4.54. The van der Waals surface area contributed by atoms with Gasteiger partial charge in [0, 0.05) is 18.5 Å². The van der Waals surface area contributed by atoms with Crippen molar-refractivity contribution in [3.8, 4) is 17.1 Å². The Morgan fingerprint density at radius 3 is 2.33 bits per heavy atom. The maximum Gasteiger partial charge on any atom is 0.145 e. The van der Waals surface area contributed by atoms with Crippen molar-refractivity contribution in [2.75, 3.05) is 0 Å². The van der Waals surface area contributed by atoms with E-state index in [0.717, 1.165) is 40.5 Å². The van der Waals surface area contributed by atoms with E-state index in [-0.39, 0.29) is 12.4 Å². The molecule has 2 N–H and O–H groups in total. The van der Waals surface area contributed by atoms with Crippen LogP contribution in [0.15, 0.2) is 77.1 Å². The number of benzene rings is 1. The second kappa shape index (κ2) is 15.2. The van der Waals surface area contributed by atoms with Crippen molar-refractivity contribution in [3.05, 3.63) is 83.3 Å². The van der Waals surface area contributed by atoms with Crippen molar-refractivity contribution < 1.29 is 4.74 Å². The molecule has 0 aliphatic carbocycles. The lowest BCUT2D eigenvalue weighted by molar-refractivity contribution is 0.306. The fourth-order valence-corrected chi connectivity index (χ4v) is 4.54. The topological polar surface area (TPSA) is 53.2 Å². The van der Waals surface area contributed by atoms with Crippen LogP contribution in [-0.4, -0.2) is 16.2 Å². The third-order valence-electron chi connectivity index (χ3n) is 6.58. The number of rotatable bonds is 15. The lowest BCUT2D eigenvalue weighted by atomic mass is 10.0. The first-order chi connectivity index (χ1) is 17.3. The van der Waals surface area contributed by atoms with Gasteiger partial charge in [0.25, 0.3) is 0 Å². The van der Waals surface area contributed by atoms with Gasteiger partial charge in [-0.15, -0.1) is 12.4 Å². The van der Waals surface area contributed by atoms with Gasteiger partial charge in [0.15, 0.2) is 0 Å². The van der Waals surface area contributed by atoms with Crippen LogP contribution in [0.25, 0.3) is 17.5 Å². The minimum Gasteiger partial charge on any atom is -0.487 e. The molecule has 0 unspecified atom stereocenters. The van der Waals surface area contributed by atoms with Crippen molar-refractivity contribution in [2.45, 2.75) is 77.7 Å². The largest absolute Gasteiger partial charge is 0.487 e. The molecule has 2 aromatic heterocycles. The molecular formula is C31H40ClN3O. The molecule has 0 spiro atoms. The summed E-state index contributed by atoms with van der Waals surface area (Å²) in [4.78, 5) is 11.5. The lowest BCUT2D eigenvalue weighted by Gasteiger charge is -2.07. The quantitative estimate of drug-likeness (QED) is 0.198. The van der Waals surface area contributed by atoms with Gasteiger partial charge in [-0.25, -0.2) is 0 Å². The SMILES string of the molecule is CCCCCCCCCCCC1=CC=N/C1=C\c1[nH]c(-c2ccc[nH]2)cc1OCc1ccccc1.Cl. The van der Waals surface area contributed by atoms with E-state index >= 15 is 0 Å². The summed E-state index contributed by atoms with van der Waals surface area (Å²) in [6.07, 6.45) is 21.3. The highest BCUT2D eigenvalue weighted by molar-refractivity contribution is 5.85. The van der Waals surface area contributed by atoms with Gasteiger partial charge in [0.2, 0.25) is 0 Å². The van der Waals surface area contributed by atoms with E-state index in [9.17, 15) is 0 Å². The second-order valence-corrected chi connectivity index (χ2v) is 9.40. The van der Waals surface area contributed by atoms with Gasteiger partial charge in [-0.05, 0) is 48.3 Å². The summed E-state index contributed by atoms with van der Waals surface area (Å²) in [7, 11) is 0. The number of aromatic amines is 2. The molecule has 0 fully saturated rings. The second-order valence-electron chi connectivity index (χ2n) is 9.40. The molecule has 0 radical (unpaired) electrons. The normalized spacial score (nSPS) is 13.7. The van der Waals surface area contributed by atoms with E-state index in [2.05, 4.69) is 58.3 Å². The summed E-state index contributed by atoms with van der Waals surface area (Å²) < 4.78 is 6.25. The number of allylic oxidation sites excluding steroid dienone is 2. The first-order valence-electron chi connectivity index (χ1n) is 13.3. The Bertz CT molecular complexity index is 1110. The van der Waals surface area contributed by atoms with E-state index < -0.39 is 0 Å². The van der Waals surface area contributed by atoms with Crippen LogP contribution in [0.2, 0.25) is 0 Å². The molecule has 1 aliphatic rings. The summed E-state index contributed by atoms with van der Waals surface area (Å²) in [5, 5.41) is 0. The highest BCUT2D eigenvalue weighted by Crippen LogP contribution is 2.32. The minimum absolute atomic E-state index is 0. The van der Waals surface area contributed by atoms with E-state index in [1.165, 1.54) is 63.4 Å². The summed E-state index contributed by atoms with van der Waals surface area (Å²) >= 11 is 0. The number of H-pyrrole nitrogens is 2. The standard InChI is InChI=1S/C31H39N3O.ClH/c1-2-3-4-5-6-7-8-9-13-17-26-19-21-33-28(26)22-30-31(35-24-25-15-11-10-12-16-25)23-29(34-30)27-18-14-20-32-27;/h10-12,14-16,18-23,32,34H,2-9,13,17,24H2,1H3;1H/b28-22-;. The molecule has 36 heavy (non-hydrogen) atoms. The molecule has 5 heteroatoms. The number of halogens is 1. The number of hydrogen-bond donors (Lipinski definition) is 2. The van der Waals surface area contributed by atoms with Gasteiger partial charge in [0.1, 0.15) is 12.4 Å². The van der Waals surface area contributed by atoms with Crippen LogP contribution in [0, 0.1) is 0 Å². The van der Waals surface area contributed by atoms with E-state index in [1.807, 2.05) is 36.7 Å². The zero-order chi connectivity index (χ0) is 24.1. The summed E-state index contributed by atoms with van der Waals surface area (Å²) in [5.74, 6) is 0.843. The van der Waals surface area contributed by atoms with Crippen LogP contribution in [0.4, 0.5) is 0 Å². The zero-order valence-corrected chi connectivity index (χ0v) is 22.3. The highest BCUT2D eigenvalue weighted by Gasteiger charge is 2.14. The first-order valence-corrected chi connectivity index (χ1v) is 13.3. The van der Waals surface area contributed by atoms with Crippen LogP contribution in [-0.2, 0) is 6.61 Å². The van der Waals surface area contributed by atoms with Gasteiger partial charge >= 0.3 is 0 Å². The number of unbranched alkanes of at least 4 members (excludes halogenated alkanes) is 8. The van der Waals surface area contributed by atoms with E-state index in [4.69, 9.17) is 4.74 Å². The molecule has 0 saturated carbocycles. The predicted molar refractivity (Wildman–Crippen MR) is 155 cm³/mol. The molecule has 1 aromatic carbocycles. The Morgan fingerprint density at radius 1 is 0.861 bits per heavy atom. The van der Waals surface area contributed by atoms with Gasteiger partial charge in [0.05, 0.1) is 22.8 Å². The van der Waals surface area contributed by atoms with Crippen molar-refractivity contribution in [1.29, 1.82) is 0 Å². The molecule has 0 atom stereocenters. The number of ether oxygens (including phenoxy) is 1. The number of aromatic nitrogens is 2. The third-order valence-corrected chi connectivity index (χ3v) is 6.58. The average Bonchev–Trinajstić information content (AvgIpc) is 3.64. The average molecular weight is 506 g/mol.